The fraction of sp³-hybridized carbons (Fsp3) is 0.222. The first-order valence-electron chi connectivity index (χ1n) is 4.10. The van der Waals surface area contributed by atoms with Gasteiger partial charge in [-0.2, -0.15) is 0 Å². The van der Waals surface area contributed by atoms with Crippen molar-refractivity contribution >= 4 is 10.9 Å². The number of nitrogens with zero attached hydrogens (tertiary/aromatic N) is 1. The normalized spacial score (nSPS) is 10.8. The van der Waals surface area contributed by atoms with Gasteiger partial charge in [0.15, 0.2) is 0 Å². The molecular formula is C9H10N2O2. The Morgan fingerprint density at radius 3 is 3.08 bits per heavy atom. The predicted octanol–water partition coefficient (Wildman–Crippen LogP) is 0.322. The van der Waals surface area contributed by atoms with Crippen molar-refractivity contribution in [3.63, 3.8) is 0 Å². The van der Waals surface area contributed by atoms with Crippen LogP contribution in [0.2, 0.25) is 0 Å². The molecule has 0 aliphatic carbocycles. The summed E-state index contributed by atoms with van der Waals surface area (Å²) >= 11 is 0. The average Bonchev–Trinajstić information content (AvgIpc) is 2.58. The number of fused-ring (bicyclic) bond motifs is 1. The number of hydrogen-bond acceptors (Lipinski definition) is 2. The molecule has 2 aromatic rings. The van der Waals surface area contributed by atoms with Crippen LogP contribution in [0.4, 0.5) is 0 Å². The van der Waals surface area contributed by atoms with Gasteiger partial charge in [0.25, 0.3) is 5.56 Å². The van der Waals surface area contributed by atoms with Crippen LogP contribution in [0.25, 0.3) is 10.9 Å². The van der Waals surface area contributed by atoms with Crippen molar-refractivity contribution in [3.05, 3.63) is 34.9 Å². The third kappa shape index (κ3) is 1.25. The molecule has 2 heterocycles. The number of aliphatic hydroxyl groups is 1. The monoisotopic (exact) mass is 178 g/mol. The molecule has 0 saturated heterocycles. The summed E-state index contributed by atoms with van der Waals surface area (Å²) < 4.78 is 1.48. The maximum absolute atomic E-state index is 11.6. The Morgan fingerprint density at radius 2 is 2.31 bits per heavy atom. The molecule has 4 nitrogen and oxygen atoms in total. The zero-order valence-electron chi connectivity index (χ0n) is 7.03. The Bertz CT molecular complexity index is 470. The molecular weight excluding hydrogens is 168 g/mol. The number of nitrogens with one attached hydrogen (secondary N) is 1. The lowest BCUT2D eigenvalue weighted by Gasteiger charge is -2.01. The highest BCUT2D eigenvalue weighted by molar-refractivity contribution is 5.77. The number of pyridine rings is 1. The molecule has 4 heteroatoms. The Balaban J connectivity index is 2.67. The first-order chi connectivity index (χ1) is 6.33. The number of hydrogen-bond donors (Lipinski definition) is 2. The van der Waals surface area contributed by atoms with Gasteiger partial charge in [0.2, 0.25) is 0 Å². The molecule has 0 saturated carbocycles. The highest BCUT2D eigenvalue weighted by atomic mass is 16.3. The lowest BCUT2D eigenvalue weighted by molar-refractivity contribution is 0.274. The highest BCUT2D eigenvalue weighted by Gasteiger charge is 2.01. The van der Waals surface area contributed by atoms with Crippen LogP contribution in [0.3, 0.4) is 0 Å². The van der Waals surface area contributed by atoms with E-state index in [0.29, 0.717) is 12.1 Å². The summed E-state index contributed by atoms with van der Waals surface area (Å²) in [5.41, 5.74) is 0.507. The Labute approximate surface area is 74.4 Å². The molecule has 0 aliphatic heterocycles. The summed E-state index contributed by atoms with van der Waals surface area (Å²) in [6, 6.07) is 3.70. The van der Waals surface area contributed by atoms with Gasteiger partial charge in [0, 0.05) is 24.3 Å². The van der Waals surface area contributed by atoms with Crippen molar-refractivity contribution in [2.45, 2.75) is 6.54 Å². The van der Waals surface area contributed by atoms with Crippen LogP contribution in [0.1, 0.15) is 0 Å². The molecule has 0 fully saturated rings. The number of aliphatic hydroxyl groups excluding tert-OH is 1. The molecule has 0 unspecified atom stereocenters. The minimum atomic E-state index is -0.0865. The van der Waals surface area contributed by atoms with Gasteiger partial charge in [0.1, 0.15) is 5.52 Å². The molecule has 0 radical (unpaired) electrons. The summed E-state index contributed by atoms with van der Waals surface area (Å²) in [6.07, 6.45) is 3.42. The van der Waals surface area contributed by atoms with Gasteiger partial charge >= 0.3 is 0 Å². The fourth-order valence-corrected chi connectivity index (χ4v) is 1.37. The SMILES string of the molecule is O=c1c2[nH]ccc2ccn1CCO. The summed E-state index contributed by atoms with van der Waals surface area (Å²) in [5.74, 6) is 0. The topological polar surface area (TPSA) is 58.0 Å². The van der Waals surface area contributed by atoms with E-state index in [1.54, 1.807) is 12.4 Å². The van der Waals surface area contributed by atoms with Crippen LogP contribution in [0, 0.1) is 0 Å². The van der Waals surface area contributed by atoms with E-state index in [2.05, 4.69) is 4.98 Å². The van der Waals surface area contributed by atoms with Crippen LogP contribution in [-0.4, -0.2) is 21.3 Å². The van der Waals surface area contributed by atoms with E-state index in [1.807, 2.05) is 12.1 Å². The smallest absolute Gasteiger partial charge is 0.274 e. The van der Waals surface area contributed by atoms with E-state index in [-0.39, 0.29) is 12.2 Å². The molecule has 68 valence electrons. The van der Waals surface area contributed by atoms with E-state index < -0.39 is 0 Å². The average molecular weight is 178 g/mol. The third-order valence-corrected chi connectivity index (χ3v) is 2.03. The third-order valence-electron chi connectivity index (χ3n) is 2.03. The standard InChI is InChI=1S/C9H10N2O2/c12-6-5-11-4-2-7-1-3-10-8(7)9(11)13/h1-4,10,12H,5-6H2. The van der Waals surface area contributed by atoms with Gasteiger partial charge in [-0.25, -0.2) is 0 Å². The van der Waals surface area contributed by atoms with Gasteiger partial charge < -0.3 is 14.7 Å². The van der Waals surface area contributed by atoms with E-state index >= 15 is 0 Å². The zero-order valence-corrected chi connectivity index (χ0v) is 7.03. The Hall–Kier alpha value is -1.55. The number of rotatable bonds is 2. The number of H-pyrrole nitrogens is 1. The summed E-state index contributed by atoms with van der Waals surface area (Å²) in [7, 11) is 0. The minimum absolute atomic E-state index is 0.0217. The molecule has 0 spiro atoms. The van der Waals surface area contributed by atoms with Crippen LogP contribution in [-0.2, 0) is 6.54 Å². The van der Waals surface area contributed by atoms with Gasteiger partial charge in [-0.3, -0.25) is 4.79 Å². The van der Waals surface area contributed by atoms with E-state index in [4.69, 9.17) is 5.11 Å². The Kier molecular flexibility index (Phi) is 1.90. The molecule has 0 aliphatic rings. The molecule has 0 amide bonds. The van der Waals surface area contributed by atoms with E-state index in [1.165, 1.54) is 4.57 Å². The van der Waals surface area contributed by atoms with Gasteiger partial charge in [-0.1, -0.05) is 0 Å². The molecule has 0 atom stereocenters. The largest absolute Gasteiger partial charge is 0.395 e. The van der Waals surface area contributed by atoms with Crippen molar-refractivity contribution in [2.24, 2.45) is 0 Å². The van der Waals surface area contributed by atoms with E-state index in [9.17, 15) is 4.79 Å². The van der Waals surface area contributed by atoms with Crippen molar-refractivity contribution in [1.29, 1.82) is 0 Å². The summed E-state index contributed by atoms with van der Waals surface area (Å²) in [6.45, 7) is 0.319. The second-order valence-electron chi connectivity index (χ2n) is 2.85. The van der Waals surface area contributed by atoms with E-state index in [0.717, 1.165) is 5.39 Å². The molecule has 2 N–H and O–H groups in total. The van der Waals surface area contributed by atoms with Crippen molar-refractivity contribution in [2.75, 3.05) is 6.61 Å². The highest BCUT2D eigenvalue weighted by Crippen LogP contribution is 2.05. The molecule has 0 bridgehead atoms. The fourth-order valence-electron chi connectivity index (χ4n) is 1.37. The lowest BCUT2D eigenvalue weighted by Crippen LogP contribution is -2.20. The van der Waals surface area contributed by atoms with Gasteiger partial charge in [-0.15, -0.1) is 0 Å². The molecule has 0 aromatic carbocycles. The minimum Gasteiger partial charge on any atom is -0.395 e. The first-order valence-corrected chi connectivity index (χ1v) is 4.10. The predicted molar refractivity (Wildman–Crippen MR) is 49.6 cm³/mol. The van der Waals surface area contributed by atoms with Gasteiger partial charge in [0.05, 0.1) is 6.61 Å². The van der Waals surface area contributed by atoms with Crippen LogP contribution in [0.5, 0.6) is 0 Å². The van der Waals surface area contributed by atoms with Crippen molar-refractivity contribution in [3.8, 4) is 0 Å². The second kappa shape index (κ2) is 3.06. The number of aromatic amines is 1. The quantitative estimate of drug-likeness (QED) is 0.695. The van der Waals surface area contributed by atoms with Crippen LogP contribution >= 0.6 is 0 Å². The zero-order chi connectivity index (χ0) is 9.26. The Morgan fingerprint density at radius 1 is 1.46 bits per heavy atom. The molecule has 2 aromatic heterocycles. The van der Waals surface area contributed by atoms with Crippen molar-refractivity contribution < 1.29 is 5.11 Å². The lowest BCUT2D eigenvalue weighted by atomic mass is 10.3. The summed E-state index contributed by atoms with van der Waals surface area (Å²) in [4.78, 5) is 14.5. The second-order valence-corrected chi connectivity index (χ2v) is 2.85. The summed E-state index contributed by atoms with van der Waals surface area (Å²) in [5, 5.41) is 9.60. The van der Waals surface area contributed by atoms with Crippen molar-refractivity contribution in [1.82, 2.24) is 9.55 Å². The number of aromatic nitrogens is 2. The maximum Gasteiger partial charge on any atom is 0.274 e. The van der Waals surface area contributed by atoms with Gasteiger partial charge in [-0.05, 0) is 12.1 Å². The maximum atomic E-state index is 11.6. The first kappa shape index (κ1) is 8.07. The van der Waals surface area contributed by atoms with Crippen LogP contribution in [0.15, 0.2) is 29.3 Å². The molecule has 13 heavy (non-hydrogen) atoms. The molecule has 2 rings (SSSR count). The van der Waals surface area contributed by atoms with Crippen LogP contribution < -0.4 is 5.56 Å².